The second kappa shape index (κ2) is 2.61. The summed E-state index contributed by atoms with van der Waals surface area (Å²) >= 11 is 0. The predicted molar refractivity (Wildman–Crippen MR) is 45.5 cm³/mol. The molecule has 1 saturated heterocycles. The second-order valence-electron chi connectivity index (χ2n) is 3.91. The number of esters is 1. The molecular weight excluding hydrogens is 152 g/mol. The number of hydrogen-bond donors (Lipinski definition) is 0. The number of hydrogen-bond acceptors (Lipinski definition) is 2. The number of cyclic esters (lactones) is 1. The number of fused-ring (bicyclic) bond motifs is 1. The lowest BCUT2D eigenvalue weighted by atomic mass is 9.86. The van der Waals surface area contributed by atoms with Crippen LogP contribution < -0.4 is 0 Å². The standard InChI is InChI=1S/C10H14O2/c1-6-3-4-8-7(2)5-12-10(11)9(6)8/h7-8H,3-5H2,1-2H3/t7?,8-/m0/s1. The summed E-state index contributed by atoms with van der Waals surface area (Å²) in [6.45, 7) is 4.82. The van der Waals surface area contributed by atoms with E-state index in [0.29, 0.717) is 18.4 Å². The highest BCUT2D eigenvalue weighted by Crippen LogP contribution is 2.40. The van der Waals surface area contributed by atoms with Gasteiger partial charge in [0.1, 0.15) is 0 Å². The molecule has 1 aliphatic carbocycles. The van der Waals surface area contributed by atoms with E-state index in [4.69, 9.17) is 4.74 Å². The van der Waals surface area contributed by atoms with E-state index in [9.17, 15) is 4.79 Å². The molecule has 0 aromatic heterocycles. The van der Waals surface area contributed by atoms with Crippen LogP contribution in [0.1, 0.15) is 26.7 Å². The Morgan fingerprint density at radius 2 is 2.25 bits per heavy atom. The molecule has 1 unspecified atom stereocenters. The molecule has 1 heterocycles. The molecule has 2 heteroatoms. The maximum Gasteiger partial charge on any atom is 0.334 e. The highest BCUT2D eigenvalue weighted by atomic mass is 16.5. The summed E-state index contributed by atoms with van der Waals surface area (Å²) in [5, 5.41) is 0. The van der Waals surface area contributed by atoms with Gasteiger partial charge < -0.3 is 4.74 Å². The Balaban J connectivity index is 2.33. The van der Waals surface area contributed by atoms with Crippen molar-refractivity contribution in [3.05, 3.63) is 11.1 Å². The van der Waals surface area contributed by atoms with E-state index in [1.807, 2.05) is 0 Å². The Morgan fingerprint density at radius 3 is 2.92 bits per heavy atom. The Labute approximate surface area is 72.6 Å². The van der Waals surface area contributed by atoms with Crippen molar-refractivity contribution in [3.63, 3.8) is 0 Å². The van der Waals surface area contributed by atoms with Gasteiger partial charge in [-0.05, 0) is 31.6 Å². The number of carbonyl (C=O) groups is 1. The van der Waals surface area contributed by atoms with E-state index >= 15 is 0 Å². The molecule has 0 N–H and O–H groups in total. The van der Waals surface area contributed by atoms with Gasteiger partial charge >= 0.3 is 5.97 Å². The zero-order valence-electron chi connectivity index (χ0n) is 7.59. The van der Waals surface area contributed by atoms with Gasteiger partial charge in [-0.1, -0.05) is 12.5 Å². The molecule has 0 radical (unpaired) electrons. The first-order chi connectivity index (χ1) is 5.70. The van der Waals surface area contributed by atoms with Crippen LogP contribution in [0.4, 0.5) is 0 Å². The molecule has 1 aliphatic heterocycles. The summed E-state index contributed by atoms with van der Waals surface area (Å²) in [6.07, 6.45) is 2.23. The van der Waals surface area contributed by atoms with Crippen molar-refractivity contribution in [1.29, 1.82) is 0 Å². The van der Waals surface area contributed by atoms with Gasteiger partial charge in [0.15, 0.2) is 0 Å². The topological polar surface area (TPSA) is 26.3 Å². The molecular formula is C10H14O2. The quantitative estimate of drug-likeness (QED) is 0.514. The molecule has 0 saturated carbocycles. The van der Waals surface area contributed by atoms with E-state index in [2.05, 4.69) is 13.8 Å². The second-order valence-corrected chi connectivity index (χ2v) is 3.91. The van der Waals surface area contributed by atoms with Crippen LogP contribution in [0.3, 0.4) is 0 Å². The monoisotopic (exact) mass is 166 g/mol. The van der Waals surface area contributed by atoms with E-state index in [1.54, 1.807) is 0 Å². The van der Waals surface area contributed by atoms with Crippen molar-refractivity contribution in [2.45, 2.75) is 26.7 Å². The van der Waals surface area contributed by atoms with Gasteiger partial charge in [0.25, 0.3) is 0 Å². The SMILES string of the molecule is CC1=C2C(=O)OCC(C)[C@@H]2CC1. The van der Waals surface area contributed by atoms with E-state index in [1.165, 1.54) is 5.57 Å². The fraction of sp³-hybridized carbons (Fsp3) is 0.700. The molecule has 0 amide bonds. The number of rotatable bonds is 0. The first-order valence-corrected chi connectivity index (χ1v) is 4.57. The van der Waals surface area contributed by atoms with Crippen LogP contribution in [-0.4, -0.2) is 12.6 Å². The van der Waals surface area contributed by atoms with Crippen molar-refractivity contribution in [2.75, 3.05) is 6.61 Å². The van der Waals surface area contributed by atoms with Gasteiger partial charge in [-0.15, -0.1) is 0 Å². The largest absolute Gasteiger partial charge is 0.462 e. The number of carbonyl (C=O) groups excluding carboxylic acids is 1. The van der Waals surface area contributed by atoms with Crippen molar-refractivity contribution in [1.82, 2.24) is 0 Å². The summed E-state index contributed by atoms with van der Waals surface area (Å²) in [5.74, 6) is 0.953. The summed E-state index contributed by atoms with van der Waals surface area (Å²) in [7, 11) is 0. The van der Waals surface area contributed by atoms with Crippen LogP contribution >= 0.6 is 0 Å². The van der Waals surface area contributed by atoms with Crippen LogP contribution in [0, 0.1) is 11.8 Å². The van der Waals surface area contributed by atoms with Gasteiger partial charge in [0.05, 0.1) is 6.61 Å². The molecule has 12 heavy (non-hydrogen) atoms. The van der Waals surface area contributed by atoms with Gasteiger partial charge in [-0.2, -0.15) is 0 Å². The molecule has 66 valence electrons. The third-order valence-corrected chi connectivity index (χ3v) is 3.05. The van der Waals surface area contributed by atoms with Gasteiger partial charge in [0, 0.05) is 5.57 Å². The average Bonchev–Trinajstić information content (AvgIpc) is 2.42. The smallest absolute Gasteiger partial charge is 0.334 e. The van der Waals surface area contributed by atoms with E-state index in [0.717, 1.165) is 18.4 Å². The van der Waals surface area contributed by atoms with Crippen molar-refractivity contribution in [3.8, 4) is 0 Å². The molecule has 2 aliphatic rings. The van der Waals surface area contributed by atoms with Crippen LogP contribution in [0.25, 0.3) is 0 Å². The Morgan fingerprint density at radius 1 is 1.50 bits per heavy atom. The molecule has 0 aromatic rings. The summed E-state index contributed by atoms with van der Waals surface area (Å²) in [4.78, 5) is 11.4. The summed E-state index contributed by atoms with van der Waals surface area (Å²) < 4.78 is 5.08. The molecule has 0 aromatic carbocycles. The van der Waals surface area contributed by atoms with E-state index in [-0.39, 0.29) is 5.97 Å². The molecule has 0 spiro atoms. The maximum absolute atomic E-state index is 11.4. The minimum absolute atomic E-state index is 0.0619. The number of ether oxygens (including phenoxy) is 1. The third-order valence-electron chi connectivity index (χ3n) is 3.05. The maximum atomic E-state index is 11.4. The lowest BCUT2D eigenvalue weighted by Gasteiger charge is -2.27. The number of allylic oxidation sites excluding steroid dienone is 1. The highest BCUT2D eigenvalue weighted by Gasteiger charge is 2.37. The van der Waals surface area contributed by atoms with Gasteiger partial charge in [-0.3, -0.25) is 0 Å². The van der Waals surface area contributed by atoms with E-state index < -0.39 is 0 Å². The van der Waals surface area contributed by atoms with Crippen LogP contribution in [0.2, 0.25) is 0 Å². The lowest BCUT2D eigenvalue weighted by molar-refractivity contribution is -0.144. The molecule has 1 fully saturated rings. The Hall–Kier alpha value is -0.790. The first-order valence-electron chi connectivity index (χ1n) is 4.57. The predicted octanol–water partition coefficient (Wildman–Crippen LogP) is 1.91. The van der Waals surface area contributed by atoms with Crippen molar-refractivity contribution in [2.24, 2.45) is 11.8 Å². The zero-order chi connectivity index (χ0) is 8.72. The fourth-order valence-electron chi connectivity index (χ4n) is 2.26. The third kappa shape index (κ3) is 0.977. The molecule has 2 rings (SSSR count). The van der Waals surface area contributed by atoms with Gasteiger partial charge in [-0.25, -0.2) is 4.79 Å². The fourth-order valence-corrected chi connectivity index (χ4v) is 2.26. The normalized spacial score (nSPS) is 35.0. The molecule has 0 bridgehead atoms. The summed E-state index contributed by atoms with van der Waals surface area (Å²) in [5.41, 5.74) is 2.23. The van der Waals surface area contributed by atoms with Crippen LogP contribution in [-0.2, 0) is 9.53 Å². The Kier molecular flexibility index (Phi) is 1.71. The van der Waals surface area contributed by atoms with Crippen molar-refractivity contribution >= 4 is 5.97 Å². The summed E-state index contributed by atoms with van der Waals surface area (Å²) in [6, 6.07) is 0. The van der Waals surface area contributed by atoms with Gasteiger partial charge in [0.2, 0.25) is 0 Å². The highest BCUT2D eigenvalue weighted by molar-refractivity contribution is 5.91. The lowest BCUT2D eigenvalue weighted by Crippen LogP contribution is -2.29. The average molecular weight is 166 g/mol. The minimum Gasteiger partial charge on any atom is -0.462 e. The van der Waals surface area contributed by atoms with Crippen molar-refractivity contribution < 1.29 is 9.53 Å². The van der Waals surface area contributed by atoms with Crippen LogP contribution in [0.5, 0.6) is 0 Å². The minimum atomic E-state index is -0.0619. The zero-order valence-corrected chi connectivity index (χ0v) is 7.59. The van der Waals surface area contributed by atoms with Crippen LogP contribution in [0.15, 0.2) is 11.1 Å². The Bertz CT molecular complexity index is 253. The molecule has 2 nitrogen and oxygen atoms in total. The molecule has 2 atom stereocenters. The first kappa shape index (κ1) is 7.84.